The lowest BCUT2D eigenvalue weighted by atomic mass is 9.81. The minimum Gasteiger partial charge on any atom is -0.441 e. The normalized spacial score (nSPS) is 26.6. The molecule has 4 aliphatic rings. The van der Waals surface area contributed by atoms with Crippen LogP contribution in [0.4, 0.5) is 35.5 Å². The van der Waals surface area contributed by atoms with E-state index in [1.165, 1.54) is 4.90 Å². The predicted molar refractivity (Wildman–Crippen MR) is 134 cm³/mol. The average Bonchev–Trinajstić information content (AvgIpc) is 3.57. The number of rotatable bonds is 7. The third-order valence-corrected chi connectivity index (χ3v) is 9.05. The number of halogens is 7. The van der Waals surface area contributed by atoms with Crippen molar-refractivity contribution in [3.63, 3.8) is 0 Å². The number of piperidine rings is 1. The average molecular weight is 610 g/mol. The first kappa shape index (κ1) is 30.8. The topological polar surface area (TPSA) is 71.1 Å². The molecular formula is C28H34F7N3O4. The molecule has 1 aromatic rings. The van der Waals surface area contributed by atoms with Gasteiger partial charge in [-0.15, -0.1) is 0 Å². The molecule has 1 aliphatic carbocycles. The van der Waals surface area contributed by atoms with Crippen LogP contribution in [0.1, 0.15) is 62.5 Å². The Kier molecular flexibility index (Phi) is 8.94. The maximum absolute atomic E-state index is 14.4. The highest BCUT2D eigenvalue weighted by molar-refractivity contribution is 5.78. The Morgan fingerprint density at radius 2 is 1.60 bits per heavy atom. The number of likely N-dealkylation sites (tertiary alicyclic amines) is 1. The van der Waals surface area contributed by atoms with E-state index in [0.29, 0.717) is 19.6 Å². The van der Waals surface area contributed by atoms with Gasteiger partial charge < -0.3 is 19.7 Å². The number of hydrogen-bond acceptors (Lipinski definition) is 5. The summed E-state index contributed by atoms with van der Waals surface area (Å²) in [5.74, 6) is -8.91. The Morgan fingerprint density at radius 3 is 2.17 bits per heavy atom. The second-order valence-corrected chi connectivity index (χ2v) is 11.9. The molecule has 1 atom stereocenters. The van der Waals surface area contributed by atoms with E-state index in [9.17, 15) is 40.3 Å². The van der Waals surface area contributed by atoms with Gasteiger partial charge in [0.15, 0.2) is 23.3 Å². The molecule has 42 heavy (non-hydrogen) atoms. The Bertz CT molecular complexity index is 1150. The first-order valence-electron chi connectivity index (χ1n) is 14.4. The van der Waals surface area contributed by atoms with Gasteiger partial charge in [-0.3, -0.25) is 9.69 Å². The number of carbonyl (C=O) groups excluding carboxylic acids is 2. The summed E-state index contributed by atoms with van der Waals surface area (Å²) in [5.41, 5.74) is -4.54. The van der Waals surface area contributed by atoms with Gasteiger partial charge in [0.2, 0.25) is 5.91 Å². The van der Waals surface area contributed by atoms with Crippen molar-refractivity contribution in [3.05, 3.63) is 34.4 Å². The number of benzene rings is 1. The molecule has 0 radical (unpaired) electrons. The van der Waals surface area contributed by atoms with Crippen LogP contribution in [0.15, 0.2) is 0 Å². The maximum atomic E-state index is 14.4. The Labute approximate surface area is 238 Å². The molecule has 234 valence electrons. The second-order valence-electron chi connectivity index (χ2n) is 11.9. The van der Waals surface area contributed by atoms with Gasteiger partial charge in [0.25, 0.3) is 0 Å². The van der Waals surface area contributed by atoms with Crippen LogP contribution in [0, 0.1) is 35.1 Å². The first-order chi connectivity index (χ1) is 19.9. The lowest BCUT2D eigenvalue weighted by molar-refractivity contribution is -0.143. The van der Waals surface area contributed by atoms with Crippen molar-refractivity contribution in [1.82, 2.24) is 15.1 Å². The molecule has 2 amide bonds. The molecule has 0 aromatic heterocycles. The minimum atomic E-state index is -5.59. The van der Waals surface area contributed by atoms with Crippen LogP contribution in [0.3, 0.4) is 0 Å². The lowest BCUT2D eigenvalue weighted by Crippen LogP contribution is -2.47. The zero-order valence-electron chi connectivity index (χ0n) is 23.0. The molecular weight excluding hydrogens is 575 g/mol. The molecule has 4 fully saturated rings. The molecule has 5 rings (SSSR count). The van der Waals surface area contributed by atoms with Gasteiger partial charge in [-0.25, -0.2) is 22.4 Å². The third-order valence-electron chi connectivity index (χ3n) is 9.05. The summed E-state index contributed by atoms with van der Waals surface area (Å²) in [6, 6.07) is 0. The van der Waals surface area contributed by atoms with Crippen molar-refractivity contribution in [2.45, 2.75) is 75.8 Å². The quantitative estimate of drug-likeness (QED) is 0.342. The number of carbonyl (C=O) groups is 2. The van der Waals surface area contributed by atoms with Gasteiger partial charge in [0, 0.05) is 63.7 Å². The minimum absolute atomic E-state index is 0.0387. The molecule has 1 unspecified atom stereocenters. The van der Waals surface area contributed by atoms with Crippen LogP contribution in [-0.4, -0.2) is 72.8 Å². The summed E-state index contributed by atoms with van der Waals surface area (Å²) in [6.45, 7) is 1.71. The standard InChI is InChI=1S/C28H34F7N3O4/c29-21-19(22(30)24(32)20(23(21)31)28(33,34)35)14-37-9-7-27(8-10-37)15-38(26(40)42-27)13-16-3-5-17(6-4-16)25(39)36-12-18-2-1-11-41-18/h16-18H,1-15H2,(H,36,39)/t16-,17-,18?. The number of alkyl halides is 3. The highest BCUT2D eigenvalue weighted by atomic mass is 19.4. The molecule has 1 N–H and O–H groups in total. The summed E-state index contributed by atoms with van der Waals surface area (Å²) in [6.07, 6.45) is -0.421. The fraction of sp³-hybridized carbons (Fsp3) is 0.714. The first-order valence-corrected chi connectivity index (χ1v) is 14.4. The van der Waals surface area contributed by atoms with Crippen LogP contribution >= 0.6 is 0 Å². The van der Waals surface area contributed by atoms with Gasteiger partial charge >= 0.3 is 12.3 Å². The van der Waals surface area contributed by atoms with Gasteiger partial charge in [-0.2, -0.15) is 13.2 Å². The van der Waals surface area contributed by atoms with Crippen LogP contribution < -0.4 is 5.32 Å². The molecule has 3 saturated heterocycles. The number of amides is 2. The van der Waals surface area contributed by atoms with E-state index in [4.69, 9.17) is 9.47 Å². The monoisotopic (exact) mass is 609 g/mol. The fourth-order valence-electron chi connectivity index (χ4n) is 6.58. The zero-order chi connectivity index (χ0) is 30.2. The Hall–Kier alpha value is -2.61. The second kappa shape index (κ2) is 12.2. The molecule has 1 aromatic carbocycles. The van der Waals surface area contributed by atoms with Crippen molar-refractivity contribution in [1.29, 1.82) is 0 Å². The van der Waals surface area contributed by atoms with Crippen LogP contribution in [0.5, 0.6) is 0 Å². The van der Waals surface area contributed by atoms with Crippen LogP contribution in [0.2, 0.25) is 0 Å². The van der Waals surface area contributed by atoms with Gasteiger partial charge in [-0.05, 0) is 44.4 Å². The van der Waals surface area contributed by atoms with E-state index in [0.717, 1.165) is 45.1 Å². The van der Waals surface area contributed by atoms with Crippen molar-refractivity contribution in [2.75, 3.05) is 39.3 Å². The highest BCUT2D eigenvalue weighted by Gasteiger charge is 2.48. The molecule has 1 saturated carbocycles. The number of nitrogens with zero attached hydrogens (tertiary/aromatic N) is 2. The number of hydrogen-bond donors (Lipinski definition) is 1. The van der Waals surface area contributed by atoms with Crippen LogP contribution in [0.25, 0.3) is 0 Å². The van der Waals surface area contributed by atoms with Crippen molar-refractivity contribution in [2.24, 2.45) is 11.8 Å². The lowest BCUT2D eigenvalue weighted by Gasteiger charge is -2.37. The van der Waals surface area contributed by atoms with Gasteiger partial charge in [0.1, 0.15) is 11.2 Å². The largest absolute Gasteiger partial charge is 0.441 e. The Balaban J connectivity index is 1.10. The van der Waals surface area contributed by atoms with Crippen LogP contribution in [-0.2, 0) is 27.0 Å². The van der Waals surface area contributed by atoms with E-state index in [2.05, 4.69) is 5.32 Å². The molecule has 7 nitrogen and oxygen atoms in total. The van der Waals surface area contributed by atoms with E-state index < -0.39 is 58.8 Å². The predicted octanol–water partition coefficient (Wildman–Crippen LogP) is 5.15. The number of nitrogens with one attached hydrogen (secondary N) is 1. The van der Waals surface area contributed by atoms with Gasteiger partial charge in [0.05, 0.1) is 12.6 Å². The zero-order valence-corrected chi connectivity index (χ0v) is 23.0. The summed E-state index contributed by atoms with van der Waals surface area (Å²) in [7, 11) is 0. The summed E-state index contributed by atoms with van der Waals surface area (Å²) in [4.78, 5) is 28.3. The summed E-state index contributed by atoms with van der Waals surface area (Å²) < 4.78 is 107. The number of ether oxygens (including phenoxy) is 2. The smallest absolute Gasteiger partial charge is 0.422 e. The van der Waals surface area contributed by atoms with E-state index in [-0.39, 0.29) is 49.8 Å². The van der Waals surface area contributed by atoms with E-state index >= 15 is 0 Å². The highest BCUT2D eigenvalue weighted by Crippen LogP contribution is 2.39. The SMILES string of the molecule is O=C1OC2(CCN(Cc3c(F)c(F)c(C(F)(F)F)c(F)c3F)CC2)CN1C[C@H]1CC[C@H](C(=O)NCC2CCCO2)CC1. The molecule has 1 spiro atoms. The third kappa shape index (κ3) is 6.48. The van der Waals surface area contributed by atoms with E-state index in [1.807, 2.05) is 0 Å². The van der Waals surface area contributed by atoms with Gasteiger partial charge in [-0.1, -0.05) is 0 Å². The molecule has 0 bridgehead atoms. The van der Waals surface area contributed by atoms with Crippen molar-refractivity contribution >= 4 is 12.0 Å². The fourth-order valence-corrected chi connectivity index (χ4v) is 6.58. The molecule has 3 aliphatic heterocycles. The Morgan fingerprint density at radius 1 is 0.952 bits per heavy atom. The van der Waals surface area contributed by atoms with Crippen molar-refractivity contribution in [3.8, 4) is 0 Å². The molecule has 14 heteroatoms. The van der Waals surface area contributed by atoms with Crippen molar-refractivity contribution < 1.29 is 49.8 Å². The summed E-state index contributed by atoms with van der Waals surface area (Å²) in [5, 5.41) is 2.99. The van der Waals surface area contributed by atoms with E-state index in [1.54, 1.807) is 4.90 Å². The summed E-state index contributed by atoms with van der Waals surface area (Å²) >= 11 is 0. The molecule has 3 heterocycles. The maximum Gasteiger partial charge on any atom is 0.422 e.